The lowest BCUT2D eigenvalue weighted by atomic mass is 9.64. The van der Waals surface area contributed by atoms with Gasteiger partial charge in [-0.1, -0.05) is 54.6 Å². The molecule has 6 rings (SSSR count). The largest absolute Gasteiger partial charge is 0.416 e. The quantitative estimate of drug-likeness (QED) is 0.429. The van der Waals surface area contributed by atoms with Crippen LogP contribution in [0.3, 0.4) is 0 Å². The maximum Gasteiger partial charge on any atom is 0.416 e. The Hall–Kier alpha value is -4.53. The molecule has 3 aromatic rings. The summed E-state index contributed by atoms with van der Waals surface area (Å²) in [5.41, 5.74) is -0.329. The van der Waals surface area contributed by atoms with Crippen LogP contribution in [0.2, 0.25) is 0 Å². The van der Waals surface area contributed by atoms with Crippen LogP contribution >= 0.6 is 0 Å². The summed E-state index contributed by atoms with van der Waals surface area (Å²) < 4.78 is 40.3. The minimum Gasteiger partial charge on any atom is -0.352 e. The zero-order valence-electron chi connectivity index (χ0n) is 21.5. The lowest BCUT2D eigenvalue weighted by Gasteiger charge is -2.37. The van der Waals surface area contributed by atoms with Crippen molar-refractivity contribution in [2.45, 2.75) is 38.0 Å². The number of ketones is 3. The molecule has 0 bridgehead atoms. The predicted molar refractivity (Wildman–Crippen MR) is 142 cm³/mol. The van der Waals surface area contributed by atoms with Crippen molar-refractivity contribution in [3.05, 3.63) is 101 Å². The van der Waals surface area contributed by atoms with Gasteiger partial charge >= 0.3 is 6.18 Å². The van der Waals surface area contributed by atoms with Gasteiger partial charge in [-0.15, -0.1) is 0 Å². The molecule has 0 saturated carbocycles. The van der Waals surface area contributed by atoms with Gasteiger partial charge in [-0.05, 0) is 36.8 Å². The Balaban J connectivity index is 1.63. The van der Waals surface area contributed by atoms with Crippen molar-refractivity contribution in [3.8, 4) is 0 Å². The molecule has 1 N–H and O–H groups in total. The molecule has 2 heterocycles. The van der Waals surface area contributed by atoms with Crippen molar-refractivity contribution in [1.82, 2.24) is 0 Å². The summed E-state index contributed by atoms with van der Waals surface area (Å²) in [6.07, 6.45) is -1.17. The van der Waals surface area contributed by atoms with Crippen LogP contribution in [0.4, 0.5) is 24.5 Å². The molecule has 1 saturated heterocycles. The van der Waals surface area contributed by atoms with Gasteiger partial charge in [-0.2, -0.15) is 13.2 Å². The Morgan fingerprint density at radius 2 is 1.50 bits per heavy atom. The van der Waals surface area contributed by atoms with Crippen LogP contribution in [0.1, 0.15) is 57.2 Å². The van der Waals surface area contributed by atoms with Crippen molar-refractivity contribution in [3.63, 3.8) is 0 Å². The highest BCUT2D eigenvalue weighted by atomic mass is 19.4. The Morgan fingerprint density at radius 1 is 0.875 bits per heavy atom. The standard InChI is InChI=1S/C31H23F3N2O4/c1-16(37)27-26(18-10-12-19(13-11-18)31(32,33)34)30(28(39)20-6-3-4-7-21(20)29(30)40)25-15-14-22-23(35-17(2)38)8-5-9-24(22)36(25)27/h3-15,25-27H,1-2H3,(H,35,38)/t25-,26-,27+/m1/s1. The van der Waals surface area contributed by atoms with Crippen molar-refractivity contribution in [2.24, 2.45) is 5.41 Å². The number of hydrogen-bond acceptors (Lipinski definition) is 5. The molecule has 3 aromatic carbocycles. The molecule has 0 radical (unpaired) electrons. The lowest BCUT2D eigenvalue weighted by Crippen LogP contribution is -2.48. The molecule has 40 heavy (non-hydrogen) atoms. The molecule has 1 aliphatic carbocycles. The fraction of sp³-hybridized carbons (Fsp3) is 0.226. The van der Waals surface area contributed by atoms with Crippen molar-refractivity contribution < 1.29 is 32.3 Å². The molecule has 0 unspecified atom stereocenters. The molecule has 3 aliphatic rings. The minimum atomic E-state index is -4.58. The average Bonchev–Trinajstić information content (AvgIpc) is 3.35. The van der Waals surface area contributed by atoms with E-state index in [1.54, 1.807) is 59.5 Å². The third-order valence-corrected chi connectivity index (χ3v) is 8.17. The maximum absolute atomic E-state index is 14.4. The van der Waals surface area contributed by atoms with Gasteiger partial charge in [0.15, 0.2) is 17.3 Å². The second-order valence-electron chi connectivity index (χ2n) is 10.4. The average molecular weight is 545 g/mol. The molecular formula is C31H23F3N2O4. The maximum atomic E-state index is 14.4. The summed E-state index contributed by atoms with van der Waals surface area (Å²) in [6, 6.07) is 13.9. The fourth-order valence-corrected chi connectivity index (χ4v) is 6.70. The van der Waals surface area contributed by atoms with E-state index in [1.165, 1.54) is 26.0 Å². The molecule has 1 spiro atoms. The molecule has 202 valence electrons. The van der Waals surface area contributed by atoms with Gasteiger partial charge in [-0.25, -0.2) is 0 Å². The van der Waals surface area contributed by atoms with Crippen LogP contribution in [0.25, 0.3) is 6.08 Å². The highest BCUT2D eigenvalue weighted by molar-refractivity contribution is 6.32. The van der Waals surface area contributed by atoms with Gasteiger partial charge < -0.3 is 10.2 Å². The Morgan fingerprint density at radius 3 is 2.05 bits per heavy atom. The molecule has 2 aliphatic heterocycles. The van der Waals surface area contributed by atoms with Gasteiger partial charge in [-0.3, -0.25) is 19.2 Å². The SMILES string of the molecule is CC(=O)Nc1cccc2c1C=C[C@H]1N2[C@@H](C(C)=O)[C@@H](c2ccc(C(F)(F)F)cc2)C12C(=O)c1ccccc1C2=O. The summed E-state index contributed by atoms with van der Waals surface area (Å²) in [5.74, 6) is -2.67. The Kier molecular flexibility index (Phi) is 5.62. The van der Waals surface area contributed by atoms with Gasteiger partial charge in [0.2, 0.25) is 5.91 Å². The smallest absolute Gasteiger partial charge is 0.352 e. The van der Waals surface area contributed by atoms with E-state index in [0.29, 0.717) is 16.9 Å². The van der Waals surface area contributed by atoms with E-state index in [1.807, 2.05) is 0 Å². The van der Waals surface area contributed by atoms with Crippen LogP contribution in [0, 0.1) is 5.41 Å². The number of nitrogens with zero attached hydrogens (tertiary/aromatic N) is 1. The van der Waals surface area contributed by atoms with Gasteiger partial charge in [0.25, 0.3) is 0 Å². The lowest BCUT2D eigenvalue weighted by molar-refractivity contribution is -0.137. The number of carbonyl (C=O) groups is 4. The molecule has 6 nitrogen and oxygen atoms in total. The molecule has 1 fully saturated rings. The van der Waals surface area contributed by atoms with Crippen molar-refractivity contribution >= 4 is 40.7 Å². The number of rotatable bonds is 3. The first-order chi connectivity index (χ1) is 19.0. The molecule has 9 heteroatoms. The van der Waals surface area contributed by atoms with Crippen LogP contribution in [0.5, 0.6) is 0 Å². The summed E-state index contributed by atoms with van der Waals surface area (Å²) >= 11 is 0. The van der Waals surface area contributed by atoms with Crippen LogP contribution in [-0.4, -0.2) is 35.3 Å². The summed E-state index contributed by atoms with van der Waals surface area (Å²) in [5, 5.41) is 2.77. The van der Waals surface area contributed by atoms with Crippen LogP contribution < -0.4 is 10.2 Å². The van der Waals surface area contributed by atoms with E-state index in [2.05, 4.69) is 5.32 Å². The third kappa shape index (κ3) is 3.43. The monoisotopic (exact) mass is 544 g/mol. The van der Waals surface area contributed by atoms with E-state index in [9.17, 15) is 32.3 Å². The summed E-state index contributed by atoms with van der Waals surface area (Å²) in [6.45, 7) is 2.72. The highest BCUT2D eigenvalue weighted by Crippen LogP contribution is 2.61. The van der Waals surface area contributed by atoms with Crippen LogP contribution in [0.15, 0.2) is 72.8 Å². The van der Waals surface area contributed by atoms with Crippen molar-refractivity contribution in [1.29, 1.82) is 0 Å². The second-order valence-corrected chi connectivity index (χ2v) is 10.4. The van der Waals surface area contributed by atoms with Crippen LogP contribution in [-0.2, 0) is 15.8 Å². The first kappa shape index (κ1) is 25.7. The van der Waals surface area contributed by atoms with E-state index in [4.69, 9.17) is 0 Å². The Bertz CT molecular complexity index is 1610. The number of alkyl halides is 3. The van der Waals surface area contributed by atoms with Gasteiger partial charge in [0.05, 0.1) is 23.3 Å². The van der Waals surface area contributed by atoms with E-state index < -0.39 is 46.7 Å². The summed E-state index contributed by atoms with van der Waals surface area (Å²) in [7, 11) is 0. The number of nitrogens with one attached hydrogen (secondary N) is 1. The number of anilines is 2. The zero-order chi connectivity index (χ0) is 28.6. The van der Waals surface area contributed by atoms with Crippen molar-refractivity contribution in [2.75, 3.05) is 10.2 Å². The number of hydrogen-bond donors (Lipinski definition) is 1. The number of Topliss-reactive ketones (excluding diaryl/α,β-unsaturated/α-hetero) is 3. The number of carbonyl (C=O) groups excluding carboxylic acids is 4. The number of amides is 1. The third-order valence-electron chi connectivity index (χ3n) is 8.17. The highest BCUT2D eigenvalue weighted by Gasteiger charge is 2.71. The first-order valence-corrected chi connectivity index (χ1v) is 12.7. The number of halogens is 3. The fourth-order valence-electron chi connectivity index (χ4n) is 6.70. The van der Waals surface area contributed by atoms with Gasteiger partial charge in [0.1, 0.15) is 5.41 Å². The molecule has 3 atom stereocenters. The second kappa shape index (κ2) is 8.74. The number of fused-ring (bicyclic) bond motifs is 5. The minimum absolute atomic E-state index is 0.222. The molecule has 0 aromatic heterocycles. The van der Waals surface area contributed by atoms with E-state index in [0.717, 1.165) is 12.1 Å². The topological polar surface area (TPSA) is 83.6 Å². The van der Waals surface area contributed by atoms with Gasteiger partial charge in [0, 0.05) is 35.2 Å². The first-order valence-electron chi connectivity index (χ1n) is 12.7. The zero-order valence-corrected chi connectivity index (χ0v) is 21.5. The molecular weight excluding hydrogens is 521 g/mol. The summed E-state index contributed by atoms with van der Waals surface area (Å²) in [4.78, 5) is 55.8. The normalized spacial score (nSPS) is 22.2. The Labute approximate surface area is 227 Å². The van der Waals surface area contributed by atoms with E-state index >= 15 is 0 Å². The van der Waals surface area contributed by atoms with E-state index in [-0.39, 0.29) is 28.4 Å². The predicted octanol–water partition coefficient (Wildman–Crippen LogP) is 5.69. The molecule has 1 amide bonds. The number of benzene rings is 3.